The lowest BCUT2D eigenvalue weighted by atomic mass is 10.1. The van der Waals surface area contributed by atoms with Crippen molar-refractivity contribution in [2.24, 2.45) is 0 Å². The molecule has 5 heteroatoms. The highest BCUT2D eigenvalue weighted by atomic mass is 16.2. The van der Waals surface area contributed by atoms with Gasteiger partial charge in [-0.2, -0.15) is 5.10 Å². The number of rotatable bonds is 5. The van der Waals surface area contributed by atoms with E-state index in [9.17, 15) is 9.59 Å². The Hall–Kier alpha value is -3.73. The lowest BCUT2D eigenvalue weighted by Crippen LogP contribution is -2.42. The Morgan fingerprint density at radius 1 is 0.724 bits per heavy atom. The van der Waals surface area contributed by atoms with Crippen LogP contribution in [0.25, 0.3) is 11.3 Å². The molecule has 0 spiro atoms. The lowest BCUT2D eigenvalue weighted by molar-refractivity contribution is 0.545. The average molecular weight is 383 g/mol. The van der Waals surface area contributed by atoms with Crippen molar-refractivity contribution in [2.75, 3.05) is 0 Å². The highest BCUT2D eigenvalue weighted by molar-refractivity contribution is 5.61. The van der Waals surface area contributed by atoms with E-state index in [2.05, 4.69) is 5.10 Å². The predicted molar refractivity (Wildman–Crippen MR) is 114 cm³/mol. The van der Waals surface area contributed by atoms with Gasteiger partial charge in [-0.15, -0.1) is 0 Å². The summed E-state index contributed by atoms with van der Waals surface area (Å²) in [5, 5.41) is 4.47. The van der Waals surface area contributed by atoms with Crippen LogP contribution in [0.15, 0.2) is 94.5 Å². The van der Waals surface area contributed by atoms with E-state index >= 15 is 0 Å². The maximum Gasteiger partial charge on any atom is 0.348 e. The van der Waals surface area contributed by atoms with Gasteiger partial charge >= 0.3 is 5.69 Å². The molecule has 29 heavy (non-hydrogen) atoms. The fraction of sp³-hybridized carbons (Fsp3) is 0.125. The minimum absolute atomic E-state index is 0.203. The zero-order valence-electron chi connectivity index (χ0n) is 16.2. The Morgan fingerprint density at radius 3 is 1.90 bits per heavy atom. The quantitative estimate of drug-likeness (QED) is 0.530. The number of hydrogen-bond acceptors (Lipinski definition) is 3. The third-order valence-electron chi connectivity index (χ3n) is 4.88. The summed E-state index contributed by atoms with van der Waals surface area (Å²) in [5.41, 5.74) is 3.00. The van der Waals surface area contributed by atoms with E-state index in [4.69, 9.17) is 0 Å². The van der Waals surface area contributed by atoms with E-state index in [1.165, 1.54) is 9.25 Å². The zero-order chi connectivity index (χ0) is 20.2. The highest BCUT2D eigenvalue weighted by Gasteiger charge is 2.16. The number of hydrogen-bond donors (Lipinski definition) is 0. The van der Waals surface area contributed by atoms with Crippen molar-refractivity contribution < 1.29 is 0 Å². The smallest absolute Gasteiger partial charge is 0.267 e. The molecular formula is C24H21N3O2. The van der Waals surface area contributed by atoms with E-state index in [1.807, 2.05) is 91.9 Å². The van der Waals surface area contributed by atoms with E-state index in [1.54, 1.807) is 0 Å². The van der Waals surface area contributed by atoms with Gasteiger partial charge in [0.1, 0.15) is 0 Å². The van der Waals surface area contributed by atoms with E-state index < -0.39 is 5.69 Å². The van der Waals surface area contributed by atoms with Crippen LogP contribution in [0.4, 0.5) is 0 Å². The molecule has 0 aliphatic carbocycles. The standard InChI is InChI=1S/C24H21N3O2/c1-18-10-8-9-15-21(18)22-23(28)26(16-19-11-4-2-5-12-19)24(29)27(25-22)17-20-13-6-3-7-14-20/h2-15H,16-17H2,1H3. The molecule has 0 aliphatic heterocycles. The van der Waals surface area contributed by atoms with Gasteiger partial charge in [0.05, 0.1) is 13.1 Å². The Balaban J connectivity index is 1.90. The number of nitrogens with zero attached hydrogens (tertiary/aromatic N) is 3. The second-order valence-corrected chi connectivity index (χ2v) is 6.97. The van der Waals surface area contributed by atoms with Gasteiger partial charge in [0.2, 0.25) is 0 Å². The minimum atomic E-state index is -0.417. The van der Waals surface area contributed by atoms with Gasteiger partial charge in [-0.1, -0.05) is 84.9 Å². The minimum Gasteiger partial charge on any atom is -0.267 e. The van der Waals surface area contributed by atoms with Gasteiger partial charge in [-0.05, 0) is 23.6 Å². The van der Waals surface area contributed by atoms with Gasteiger partial charge < -0.3 is 0 Å². The molecule has 144 valence electrons. The van der Waals surface area contributed by atoms with Crippen LogP contribution in [-0.4, -0.2) is 14.3 Å². The van der Waals surface area contributed by atoms with Crippen molar-refractivity contribution in [3.05, 3.63) is 122 Å². The van der Waals surface area contributed by atoms with Crippen LogP contribution in [-0.2, 0) is 13.1 Å². The first-order valence-corrected chi connectivity index (χ1v) is 9.49. The van der Waals surface area contributed by atoms with Crippen LogP contribution in [0.1, 0.15) is 16.7 Å². The molecule has 0 saturated carbocycles. The van der Waals surface area contributed by atoms with Crippen LogP contribution < -0.4 is 11.2 Å². The Labute approximate surface area is 168 Å². The molecule has 0 radical (unpaired) electrons. The molecule has 5 nitrogen and oxygen atoms in total. The first-order chi connectivity index (χ1) is 14.1. The summed E-state index contributed by atoms with van der Waals surface area (Å²) in [7, 11) is 0. The molecule has 1 aromatic heterocycles. The molecule has 3 aromatic carbocycles. The van der Waals surface area contributed by atoms with E-state index in [-0.39, 0.29) is 17.8 Å². The summed E-state index contributed by atoms with van der Waals surface area (Å²) in [6.07, 6.45) is 0. The molecule has 0 atom stereocenters. The summed E-state index contributed by atoms with van der Waals surface area (Å²) in [6, 6.07) is 26.7. The fourth-order valence-corrected chi connectivity index (χ4v) is 3.33. The normalized spacial score (nSPS) is 10.8. The van der Waals surface area contributed by atoms with Crippen molar-refractivity contribution in [3.63, 3.8) is 0 Å². The Morgan fingerprint density at radius 2 is 1.28 bits per heavy atom. The summed E-state index contributed by atoms with van der Waals surface area (Å²) < 4.78 is 2.65. The topological polar surface area (TPSA) is 56.9 Å². The number of benzene rings is 3. The van der Waals surface area contributed by atoms with Gasteiger partial charge in [0, 0.05) is 5.56 Å². The molecule has 0 unspecified atom stereocenters. The van der Waals surface area contributed by atoms with Crippen molar-refractivity contribution in [1.29, 1.82) is 0 Å². The van der Waals surface area contributed by atoms with E-state index in [0.29, 0.717) is 6.54 Å². The molecule has 4 rings (SSSR count). The average Bonchev–Trinajstić information content (AvgIpc) is 2.75. The van der Waals surface area contributed by atoms with Crippen molar-refractivity contribution in [1.82, 2.24) is 14.3 Å². The SMILES string of the molecule is Cc1ccccc1-c1nn(Cc2ccccc2)c(=O)n(Cc2ccccc2)c1=O. The van der Waals surface area contributed by atoms with Crippen molar-refractivity contribution >= 4 is 0 Å². The maximum absolute atomic E-state index is 13.2. The molecule has 1 heterocycles. The lowest BCUT2D eigenvalue weighted by Gasteiger charge is -2.13. The molecule has 0 fully saturated rings. The third-order valence-corrected chi connectivity index (χ3v) is 4.88. The van der Waals surface area contributed by atoms with Gasteiger partial charge in [0.25, 0.3) is 5.56 Å². The monoisotopic (exact) mass is 383 g/mol. The second-order valence-electron chi connectivity index (χ2n) is 6.97. The maximum atomic E-state index is 13.2. The number of aryl methyl sites for hydroxylation is 1. The highest BCUT2D eigenvalue weighted by Crippen LogP contribution is 2.17. The largest absolute Gasteiger partial charge is 0.348 e. The second kappa shape index (κ2) is 8.10. The van der Waals surface area contributed by atoms with Gasteiger partial charge in [-0.25, -0.2) is 9.48 Å². The van der Waals surface area contributed by atoms with Gasteiger partial charge in [-0.3, -0.25) is 9.36 Å². The Bertz CT molecular complexity index is 1240. The summed E-state index contributed by atoms with van der Waals surface area (Å²) in [4.78, 5) is 26.4. The summed E-state index contributed by atoms with van der Waals surface area (Å²) in [6.45, 7) is 2.44. The molecule has 0 aliphatic rings. The number of aromatic nitrogens is 3. The first kappa shape index (κ1) is 18.6. The van der Waals surface area contributed by atoms with Crippen LogP contribution >= 0.6 is 0 Å². The third kappa shape index (κ3) is 3.94. The summed E-state index contributed by atoms with van der Waals surface area (Å²) >= 11 is 0. The van der Waals surface area contributed by atoms with Crippen LogP contribution in [0.3, 0.4) is 0 Å². The predicted octanol–water partition coefficient (Wildman–Crippen LogP) is 3.48. The summed E-state index contributed by atoms with van der Waals surface area (Å²) in [5.74, 6) is 0. The van der Waals surface area contributed by atoms with E-state index in [0.717, 1.165) is 22.3 Å². The first-order valence-electron chi connectivity index (χ1n) is 9.49. The van der Waals surface area contributed by atoms with Crippen LogP contribution in [0.2, 0.25) is 0 Å². The molecular weight excluding hydrogens is 362 g/mol. The van der Waals surface area contributed by atoms with Crippen molar-refractivity contribution in [2.45, 2.75) is 20.0 Å². The molecule has 4 aromatic rings. The molecule has 0 saturated heterocycles. The zero-order valence-corrected chi connectivity index (χ0v) is 16.2. The van der Waals surface area contributed by atoms with Crippen molar-refractivity contribution in [3.8, 4) is 11.3 Å². The van der Waals surface area contributed by atoms with Gasteiger partial charge in [0.15, 0.2) is 5.69 Å². The van der Waals surface area contributed by atoms with Crippen LogP contribution in [0, 0.1) is 6.92 Å². The fourth-order valence-electron chi connectivity index (χ4n) is 3.33. The molecule has 0 amide bonds. The Kier molecular flexibility index (Phi) is 5.20. The van der Waals surface area contributed by atoms with Crippen LogP contribution in [0.5, 0.6) is 0 Å². The molecule has 0 N–H and O–H groups in total. The molecule has 0 bridgehead atoms.